The lowest BCUT2D eigenvalue weighted by atomic mass is 10.2. The minimum Gasteiger partial charge on any atom is -0.462 e. The van der Waals surface area contributed by atoms with Crippen LogP contribution in [0.15, 0.2) is 48.5 Å². The lowest BCUT2D eigenvalue weighted by molar-refractivity contribution is -0.137. The zero-order valence-corrected chi connectivity index (χ0v) is 15.3. The molecule has 3 N–H and O–H groups in total. The van der Waals surface area contributed by atoms with E-state index >= 15 is 0 Å². The minimum atomic E-state index is -4.46. The van der Waals surface area contributed by atoms with Crippen LogP contribution in [0.3, 0.4) is 0 Å². The molecule has 2 aromatic rings. The van der Waals surface area contributed by atoms with Crippen molar-refractivity contribution in [3.8, 4) is 0 Å². The highest BCUT2D eigenvalue weighted by molar-refractivity contribution is 5.97. The van der Waals surface area contributed by atoms with E-state index in [0.29, 0.717) is 11.3 Å². The number of alkyl halides is 3. The van der Waals surface area contributed by atoms with Crippen LogP contribution in [-0.2, 0) is 15.7 Å². The summed E-state index contributed by atoms with van der Waals surface area (Å²) in [7, 11) is 0. The van der Waals surface area contributed by atoms with Gasteiger partial charge in [-0.3, -0.25) is 4.79 Å². The topological polar surface area (TPSA) is 96.5 Å². The van der Waals surface area contributed by atoms with Gasteiger partial charge in [-0.1, -0.05) is 0 Å². The van der Waals surface area contributed by atoms with Crippen LogP contribution in [-0.4, -0.2) is 31.1 Å². The van der Waals surface area contributed by atoms with Crippen molar-refractivity contribution in [1.29, 1.82) is 0 Å². The molecule has 0 unspecified atom stereocenters. The third-order valence-corrected chi connectivity index (χ3v) is 3.56. The molecule has 0 saturated carbocycles. The average Bonchev–Trinajstić information content (AvgIpc) is 2.67. The van der Waals surface area contributed by atoms with Gasteiger partial charge in [0.25, 0.3) is 0 Å². The molecule has 154 valence electrons. The summed E-state index contributed by atoms with van der Waals surface area (Å²) in [6.07, 6.45) is -4.46. The molecule has 7 nitrogen and oxygen atoms in total. The summed E-state index contributed by atoms with van der Waals surface area (Å²) < 4.78 is 42.4. The number of esters is 1. The Morgan fingerprint density at radius 3 is 2.00 bits per heavy atom. The molecule has 0 spiro atoms. The number of halogens is 3. The van der Waals surface area contributed by atoms with Crippen molar-refractivity contribution in [3.05, 3.63) is 59.7 Å². The van der Waals surface area contributed by atoms with Crippen LogP contribution in [0.25, 0.3) is 0 Å². The minimum absolute atomic E-state index is 0.166. The first-order valence-corrected chi connectivity index (χ1v) is 8.48. The number of carbonyl (C=O) groups excluding carboxylic acids is 3. The van der Waals surface area contributed by atoms with Crippen molar-refractivity contribution < 1.29 is 32.3 Å². The van der Waals surface area contributed by atoms with Gasteiger partial charge in [-0.15, -0.1) is 0 Å². The second-order valence-electron chi connectivity index (χ2n) is 5.73. The summed E-state index contributed by atoms with van der Waals surface area (Å²) in [6, 6.07) is 9.19. The van der Waals surface area contributed by atoms with Gasteiger partial charge in [0.2, 0.25) is 5.91 Å². The van der Waals surface area contributed by atoms with Crippen molar-refractivity contribution >= 4 is 29.3 Å². The number of urea groups is 1. The first-order valence-electron chi connectivity index (χ1n) is 8.48. The molecular formula is C19H18F3N3O4. The van der Waals surface area contributed by atoms with E-state index in [1.54, 1.807) is 6.92 Å². The fourth-order valence-corrected chi connectivity index (χ4v) is 2.19. The molecule has 10 heteroatoms. The first-order chi connectivity index (χ1) is 13.7. The van der Waals surface area contributed by atoms with Gasteiger partial charge in [0.1, 0.15) is 0 Å². The Kier molecular flexibility index (Phi) is 7.18. The molecule has 0 bridgehead atoms. The number of amides is 3. The van der Waals surface area contributed by atoms with Gasteiger partial charge >= 0.3 is 18.2 Å². The second-order valence-corrected chi connectivity index (χ2v) is 5.73. The van der Waals surface area contributed by atoms with Gasteiger partial charge < -0.3 is 20.7 Å². The van der Waals surface area contributed by atoms with E-state index in [4.69, 9.17) is 4.74 Å². The SMILES string of the molecule is CCOC(=O)c1ccc(NC(=O)NCC(=O)Nc2ccc(C(F)(F)F)cc2)cc1. The largest absolute Gasteiger partial charge is 0.462 e. The highest BCUT2D eigenvalue weighted by atomic mass is 19.4. The standard InChI is InChI=1S/C19H18F3N3O4/c1-2-29-17(27)12-3-7-15(8-4-12)25-18(28)23-11-16(26)24-14-9-5-13(6-10-14)19(20,21)22/h3-10H,2,11H2,1H3,(H,24,26)(H2,23,25,28). The van der Waals surface area contributed by atoms with Crippen LogP contribution in [0.5, 0.6) is 0 Å². The normalized spacial score (nSPS) is 10.8. The Labute approximate surface area is 164 Å². The van der Waals surface area contributed by atoms with E-state index in [2.05, 4.69) is 16.0 Å². The van der Waals surface area contributed by atoms with E-state index in [0.717, 1.165) is 24.3 Å². The van der Waals surface area contributed by atoms with Crippen LogP contribution >= 0.6 is 0 Å². The summed E-state index contributed by atoms with van der Waals surface area (Å²) >= 11 is 0. The number of rotatable bonds is 6. The molecule has 0 aliphatic carbocycles. The second kappa shape index (κ2) is 9.58. The maximum atomic E-state index is 12.5. The van der Waals surface area contributed by atoms with Crippen molar-refractivity contribution in [2.75, 3.05) is 23.8 Å². The van der Waals surface area contributed by atoms with E-state index < -0.39 is 36.2 Å². The molecule has 0 radical (unpaired) electrons. The molecule has 0 heterocycles. The fourth-order valence-electron chi connectivity index (χ4n) is 2.19. The number of nitrogens with one attached hydrogen (secondary N) is 3. The molecule has 2 aromatic carbocycles. The van der Waals surface area contributed by atoms with E-state index in [9.17, 15) is 27.6 Å². The smallest absolute Gasteiger partial charge is 0.416 e. The molecule has 3 amide bonds. The Morgan fingerprint density at radius 2 is 1.45 bits per heavy atom. The van der Waals surface area contributed by atoms with Gasteiger partial charge in [0.05, 0.1) is 24.3 Å². The fraction of sp³-hybridized carbons (Fsp3) is 0.211. The number of hydrogen-bond acceptors (Lipinski definition) is 4. The van der Waals surface area contributed by atoms with E-state index in [1.807, 2.05) is 0 Å². The van der Waals surface area contributed by atoms with Crippen molar-refractivity contribution in [3.63, 3.8) is 0 Å². The Bertz CT molecular complexity index is 866. The monoisotopic (exact) mass is 409 g/mol. The van der Waals surface area contributed by atoms with Crippen LogP contribution in [0, 0.1) is 0 Å². The van der Waals surface area contributed by atoms with Crippen LogP contribution < -0.4 is 16.0 Å². The third-order valence-electron chi connectivity index (χ3n) is 3.56. The predicted molar refractivity (Wildman–Crippen MR) is 99.5 cm³/mol. The molecular weight excluding hydrogens is 391 g/mol. The summed E-state index contributed by atoms with van der Waals surface area (Å²) in [6.45, 7) is 1.54. The van der Waals surface area contributed by atoms with Gasteiger partial charge in [-0.05, 0) is 55.5 Å². The zero-order chi connectivity index (χ0) is 21.4. The summed E-state index contributed by atoms with van der Waals surface area (Å²) in [5.74, 6) is -1.10. The molecule has 0 atom stereocenters. The Morgan fingerprint density at radius 1 is 0.897 bits per heavy atom. The molecule has 0 saturated heterocycles. The van der Waals surface area contributed by atoms with Crippen LogP contribution in [0.4, 0.5) is 29.3 Å². The summed E-state index contributed by atoms with van der Waals surface area (Å²) in [5.41, 5.74) is 0.0502. The molecule has 0 aliphatic rings. The third kappa shape index (κ3) is 6.83. The molecule has 0 aromatic heterocycles. The number of anilines is 2. The predicted octanol–water partition coefficient (Wildman–Crippen LogP) is 3.64. The maximum Gasteiger partial charge on any atom is 0.416 e. The molecule has 29 heavy (non-hydrogen) atoms. The average molecular weight is 409 g/mol. The quantitative estimate of drug-likeness (QED) is 0.635. The van der Waals surface area contributed by atoms with E-state index in [-0.39, 0.29) is 12.3 Å². The molecule has 0 aliphatic heterocycles. The van der Waals surface area contributed by atoms with Crippen LogP contribution in [0.2, 0.25) is 0 Å². The maximum absolute atomic E-state index is 12.5. The Balaban J connectivity index is 1.80. The number of carbonyl (C=O) groups is 3. The summed E-state index contributed by atoms with van der Waals surface area (Å²) in [4.78, 5) is 35.2. The van der Waals surface area contributed by atoms with Gasteiger partial charge in [-0.2, -0.15) is 13.2 Å². The Hall–Kier alpha value is -3.56. The van der Waals surface area contributed by atoms with E-state index in [1.165, 1.54) is 24.3 Å². The lowest BCUT2D eigenvalue weighted by Crippen LogP contribution is -2.35. The van der Waals surface area contributed by atoms with Gasteiger partial charge in [0, 0.05) is 11.4 Å². The van der Waals surface area contributed by atoms with Gasteiger partial charge in [0.15, 0.2) is 0 Å². The zero-order valence-electron chi connectivity index (χ0n) is 15.3. The summed E-state index contributed by atoms with van der Waals surface area (Å²) in [5, 5.41) is 7.16. The van der Waals surface area contributed by atoms with Crippen LogP contribution in [0.1, 0.15) is 22.8 Å². The van der Waals surface area contributed by atoms with Crippen molar-refractivity contribution in [2.45, 2.75) is 13.1 Å². The number of hydrogen-bond donors (Lipinski definition) is 3. The van der Waals surface area contributed by atoms with Crippen molar-refractivity contribution in [1.82, 2.24) is 5.32 Å². The van der Waals surface area contributed by atoms with Gasteiger partial charge in [-0.25, -0.2) is 9.59 Å². The first kappa shape index (κ1) is 21.7. The number of benzene rings is 2. The molecule has 0 fully saturated rings. The lowest BCUT2D eigenvalue weighted by Gasteiger charge is -2.10. The number of ether oxygens (including phenoxy) is 1. The molecule has 2 rings (SSSR count). The highest BCUT2D eigenvalue weighted by Crippen LogP contribution is 2.29. The highest BCUT2D eigenvalue weighted by Gasteiger charge is 2.29. The van der Waals surface area contributed by atoms with Crippen molar-refractivity contribution in [2.24, 2.45) is 0 Å².